The molecule has 0 saturated carbocycles. The number of unbranched alkanes of at least 4 members (excludes halogenated alkanes) is 1. The smallest absolute Gasteiger partial charge is 0.127 e. The Morgan fingerprint density at radius 1 is 1.11 bits per heavy atom. The highest BCUT2D eigenvalue weighted by Gasteiger charge is 2.00. The predicted octanol–water partition coefficient (Wildman–Crippen LogP) is 3.04. The Bertz CT molecular complexity index is 324. The summed E-state index contributed by atoms with van der Waals surface area (Å²) in [6.07, 6.45) is 2.34. The Kier molecular flexibility index (Phi) is 7.62. The zero-order valence-electron chi connectivity index (χ0n) is 11.6. The fraction of sp³-hybridized carbons (Fsp3) is 0.600. The van der Waals surface area contributed by atoms with E-state index in [2.05, 4.69) is 24.1 Å². The lowest BCUT2D eigenvalue weighted by molar-refractivity contribution is 0.296. The summed E-state index contributed by atoms with van der Waals surface area (Å²) in [6.45, 7) is 9.38. The van der Waals surface area contributed by atoms with Gasteiger partial charge >= 0.3 is 0 Å². The van der Waals surface area contributed by atoms with Crippen LogP contribution in [0.25, 0.3) is 0 Å². The van der Waals surface area contributed by atoms with Gasteiger partial charge in [-0.3, -0.25) is 0 Å². The van der Waals surface area contributed by atoms with E-state index < -0.39 is 0 Å². The number of benzene rings is 1. The Morgan fingerprint density at radius 3 is 2.50 bits per heavy atom. The molecular weight excluding hydrogens is 227 g/mol. The molecule has 1 N–H and O–H groups in total. The molecule has 1 aromatic carbocycles. The molecule has 3 heteroatoms. The third-order valence-corrected chi connectivity index (χ3v) is 3.25. The van der Waals surface area contributed by atoms with Crippen LogP contribution in [0.4, 0.5) is 4.39 Å². The topological polar surface area (TPSA) is 15.3 Å². The summed E-state index contributed by atoms with van der Waals surface area (Å²) in [7, 11) is 0. The van der Waals surface area contributed by atoms with Gasteiger partial charge in [-0.05, 0) is 45.1 Å². The van der Waals surface area contributed by atoms with Crippen LogP contribution >= 0.6 is 0 Å². The van der Waals surface area contributed by atoms with Gasteiger partial charge in [0, 0.05) is 12.1 Å². The fourth-order valence-electron chi connectivity index (χ4n) is 1.99. The number of halogens is 1. The van der Waals surface area contributed by atoms with E-state index in [1.807, 2.05) is 12.1 Å². The van der Waals surface area contributed by atoms with Crippen LogP contribution < -0.4 is 5.32 Å². The van der Waals surface area contributed by atoms with Crippen molar-refractivity contribution in [2.45, 2.75) is 33.2 Å². The summed E-state index contributed by atoms with van der Waals surface area (Å²) < 4.78 is 13.3. The zero-order chi connectivity index (χ0) is 13.2. The highest BCUT2D eigenvalue weighted by molar-refractivity contribution is 5.16. The highest BCUT2D eigenvalue weighted by atomic mass is 19.1. The van der Waals surface area contributed by atoms with E-state index in [0.717, 1.165) is 38.2 Å². The van der Waals surface area contributed by atoms with Crippen molar-refractivity contribution in [2.24, 2.45) is 0 Å². The van der Waals surface area contributed by atoms with Crippen molar-refractivity contribution >= 4 is 0 Å². The molecule has 0 aliphatic carbocycles. The van der Waals surface area contributed by atoms with E-state index in [-0.39, 0.29) is 5.82 Å². The molecule has 18 heavy (non-hydrogen) atoms. The highest BCUT2D eigenvalue weighted by Crippen LogP contribution is 2.05. The van der Waals surface area contributed by atoms with Gasteiger partial charge in [-0.2, -0.15) is 0 Å². The van der Waals surface area contributed by atoms with Gasteiger partial charge in [0.25, 0.3) is 0 Å². The van der Waals surface area contributed by atoms with E-state index in [9.17, 15) is 4.39 Å². The largest absolute Gasteiger partial charge is 0.313 e. The molecule has 0 saturated heterocycles. The van der Waals surface area contributed by atoms with Gasteiger partial charge in [-0.25, -0.2) is 4.39 Å². The molecule has 0 spiro atoms. The molecule has 2 nitrogen and oxygen atoms in total. The lowest BCUT2D eigenvalue weighted by atomic mass is 10.2. The van der Waals surface area contributed by atoms with Crippen molar-refractivity contribution in [3.63, 3.8) is 0 Å². The minimum Gasteiger partial charge on any atom is -0.313 e. The van der Waals surface area contributed by atoms with Crippen molar-refractivity contribution in [1.29, 1.82) is 0 Å². The van der Waals surface area contributed by atoms with E-state index in [1.54, 1.807) is 6.07 Å². The third-order valence-electron chi connectivity index (χ3n) is 3.25. The average Bonchev–Trinajstić information content (AvgIpc) is 2.40. The van der Waals surface area contributed by atoms with Crippen molar-refractivity contribution in [2.75, 3.05) is 26.2 Å². The quantitative estimate of drug-likeness (QED) is 0.680. The van der Waals surface area contributed by atoms with E-state index >= 15 is 0 Å². The molecule has 0 unspecified atom stereocenters. The molecule has 0 radical (unpaired) electrons. The van der Waals surface area contributed by atoms with Crippen LogP contribution in [0.2, 0.25) is 0 Å². The van der Waals surface area contributed by atoms with Crippen LogP contribution in [0.1, 0.15) is 32.3 Å². The molecule has 0 aliphatic heterocycles. The van der Waals surface area contributed by atoms with Gasteiger partial charge in [0.05, 0.1) is 0 Å². The number of hydrogen-bond donors (Lipinski definition) is 1. The van der Waals surface area contributed by atoms with Gasteiger partial charge in [0.1, 0.15) is 5.82 Å². The minimum atomic E-state index is -0.117. The molecule has 1 rings (SSSR count). The molecular formula is C15H25FN2. The number of nitrogens with one attached hydrogen (secondary N) is 1. The van der Waals surface area contributed by atoms with Crippen LogP contribution in [-0.4, -0.2) is 31.1 Å². The van der Waals surface area contributed by atoms with E-state index in [4.69, 9.17) is 0 Å². The Labute approximate surface area is 110 Å². The second-order valence-electron chi connectivity index (χ2n) is 4.50. The molecule has 0 fully saturated rings. The van der Waals surface area contributed by atoms with Gasteiger partial charge in [0.2, 0.25) is 0 Å². The monoisotopic (exact) mass is 252 g/mol. The first-order valence-corrected chi connectivity index (χ1v) is 6.94. The maximum Gasteiger partial charge on any atom is 0.127 e. The molecule has 0 bridgehead atoms. The van der Waals surface area contributed by atoms with Gasteiger partial charge in [0.15, 0.2) is 0 Å². The maximum absolute atomic E-state index is 13.3. The van der Waals surface area contributed by atoms with Crippen LogP contribution in [0.5, 0.6) is 0 Å². The zero-order valence-corrected chi connectivity index (χ0v) is 11.6. The summed E-state index contributed by atoms with van der Waals surface area (Å²) in [5, 5.41) is 3.29. The Morgan fingerprint density at radius 2 is 1.83 bits per heavy atom. The summed E-state index contributed by atoms with van der Waals surface area (Å²) >= 11 is 0. The molecule has 0 heterocycles. The molecule has 0 amide bonds. The maximum atomic E-state index is 13.3. The number of rotatable bonds is 9. The van der Waals surface area contributed by atoms with Crippen LogP contribution in [0.3, 0.4) is 0 Å². The first-order chi connectivity index (χ1) is 8.77. The average molecular weight is 252 g/mol. The summed E-state index contributed by atoms with van der Waals surface area (Å²) in [6, 6.07) is 6.94. The number of hydrogen-bond acceptors (Lipinski definition) is 2. The molecule has 0 atom stereocenters. The summed E-state index contributed by atoms with van der Waals surface area (Å²) in [4.78, 5) is 2.43. The lowest BCUT2D eigenvalue weighted by Crippen LogP contribution is -2.25. The lowest BCUT2D eigenvalue weighted by Gasteiger charge is -2.17. The Balaban J connectivity index is 2.07. The SMILES string of the molecule is CCN(CC)CCCCNCc1ccccc1F. The Hall–Kier alpha value is -0.930. The summed E-state index contributed by atoms with van der Waals surface area (Å²) in [5.41, 5.74) is 0.751. The van der Waals surface area contributed by atoms with Gasteiger partial charge in [-0.15, -0.1) is 0 Å². The first-order valence-electron chi connectivity index (χ1n) is 6.94. The van der Waals surface area contributed by atoms with Gasteiger partial charge < -0.3 is 10.2 Å². The third kappa shape index (κ3) is 5.61. The van der Waals surface area contributed by atoms with Crippen LogP contribution in [0.15, 0.2) is 24.3 Å². The van der Waals surface area contributed by atoms with E-state index in [1.165, 1.54) is 12.5 Å². The fourth-order valence-corrected chi connectivity index (χ4v) is 1.99. The first kappa shape index (κ1) is 15.1. The summed E-state index contributed by atoms with van der Waals surface area (Å²) in [5.74, 6) is -0.117. The second-order valence-corrected chi connectivity index (χ2v) is 4.50. The molecule has 0 aromatic heterocycles. The van der Waals surface area contributed by atoms with Crippen LogP contribution in [0, 0.1) is 5.82 Å². The van der Waals surface area contributed by atoms with Crippen LogP contribution in [-0.2, 0) is 6.54 Å². The van der Waals surface area contributed by atoms with Crippen molar-refractivity contribution in [3.05, 3.63) is 35.6 Å². The standard InChI is InChI=1S/C15H25FN2/c1-3-18(4-2)12-8-7-11-17-13-14-9-5-6-10-15(14)16/h5-6,9-10,17H,3-4,7-8,11-13H2,1-2H3. The van der Waals surface area contributed by atoms with Gasteiger partial charge in [-0.1, -0.05) is 32.0 Å². The van der Waals surface area contributed by atoms with Crippen molar-refractivity contribution in [3.8, 4) is 0 Å². The van der Waals surface area contributed by atoms with Crippen molar-refractivity contribution < 1.29 is 4.39 Å². The predicted molar refractivity (Wildman–Crippen MR) is 75.1 cm³/mol. The molecule has 102 valence electrons. The van der Waals surface area contributed by atoms with E-state index in [0.29, 0.717) is 6.54 Å². The molecule has 0 aliphatic rings. The normalized spacial score (nSPS) is 11.1. The van der Waals surface area contributed by atoms with Crippen molar-refractivity contribution in [1.82, 2.24) is 10.2 Å². The second kappa shape index (κ2) is 9.06. The molecule has 1 aromatic rings. The number of nitrogens with zero attached hydrogens (tertiary/aromatic N) is 1. The minimum absolute atomic E-state index is 0.117.